The van der Waals surface area contributed by atoms with Crippen molar-refractivity contribution in [2.45, 2.75) is 0 Å². The van der Waals surface area contributed by atoms with Gasteiger partial charge < -0.3 is 24.3 Å². The molecule has 0 saturated carbocycles. The van der Waals surface area contributed by atoms with Crippen molar-refractivity contribution >= 4 is 38.3 Å². The fraction of sp³-hybridized carbons (Fsp3) is 0.333. The second-order valence-corrected chi connectivity index (χ2v) is 7.44. The fourth-order valence-corrected chi connectivity index (χ4v) is 3.17. The summed E-state index contributed by atoms with van der Waals surface area (Å²) in [7, 11) is 1.53. The summed E-state index contributed by atoms with van der Waals surface area (Å²) in [6.07, 6.45) is 1.39. The summed E-state index contributed by atoms with van der Waals surface area (Å²) in [4.78, 5) is 11.2. The minimum Gasteiger partial charge on any atom is -0.493 e. The predicted octanol–water partition coefficient (Wildman–Crippen LogP) is 5.01. The first kappa shape index (κ1) is 24.5. The number of hydrogen-bond donors (Lipinski definition) is 1. The normalized spacial score (nSPS) is 10.6. The minimum absolute atomic E-state index is 0.288. The smallest absolute Gasteiger partial charge is 0.163 e. The summed E-state index contributed by atoms with van der Waals surface area (Å²) in [5, 5.41) is 7.03. The van der Waals surface area contributed by atoms with E-state index in [1.54, 1.807) is 24.3 Å². The van der Waals surface area contributed by atoms with Crippen LogP contribution >= 0.6 is 15.9 Å². The molecule has 0 unspecified atom stereocenters. The highest BCUT2D eigenvalue weighted by atomic mass is 79.9. The lowest BCUT2D eigenvalue weighted by atomic mass is 10.2. The highest BCUT2D eigenvalue weighted by molar-refractivity contribution is 9.10. The Morgan fingerprint density at radius 2 is 1.85 bits per heavy atom. The van der Waals surface area contributed by atoms with E-state index in [0.29, 0.717) is 72.3 Å². The maximum Gasteiger partial charge on any atom is 0.163 e. The molecule has 0 aliphatic carbocycles. The minimum atomic E-state index is -0.413. The lowest BCUT2D eigenvalue weighted by molar-refractivity contribution is 0.0385. The monoisotopic (exact) mass is 520 g/mol. The van der Waals surface area contributed by atoms with Crippen LogP contribution in [0.1, 0.15) is 0 Å². The van der Waals surface area contributed by atoms with Crippen molar-refractivity contribution in [3.05, 3.63) is 57.4 Å². The van der Waals surface area contributed by atoms with Crippen molar-refractivity contribution in [1.82, 2.24) is 9.97 Å². The van der Waals surface area contributed by atoms with Crippen LogP contribution in [-0.4, -0.2) is 56.7 Å². The van der Waals surface area contributed by atoms with Crippen molar-refractivity contribution in [3.63, 3.8) is 0 Å². The predicted molar refractivity (Wildman–Crippen MR) is 125 cm³/mol. The first-order valence-electron chi connectivity index (χ1n) is 9.96. The Balaban J connectivity index is 1.60. The fourth-order valence-electron chi connectivity index (χ4n) is 2.84. The van der Waals surface area contributed by atoms with Crippen LogP contribution in [-0.2, 0) is 9.47 Å². The largest absolute Gasteiger partial charge is 0.493 e. The standard InChI is InChI=1S/C21H22BrFN6O4/c1-30-19-11-15-18(12-20(19)33-9-8-32-7-6-31-5-4-27-29-24)25-13-26-21(15)28-17-3-2-14(22)10-16(17)23/h2-3,10-13H,4-9H2,1H3,(H,25,26,28). The van der Waals surface area contributed by atoms with Gasteiger partial charge in [-0.05, 0) is 29.8 Å². The molecule has 10 nitrogen and oxygen atoms in total. The van der Waals surface area contributed by atoms with Crippen molar-refractivity contribution in [1.29, 1.82) is 0 Å². The third-order valence-corrected chi connectivity index (χ3v) is 4.85. The third-order valence-electron chi connectivity index (χ3n) is 4.36. The van der Waals surface area contributed by atoms with Crippen LogP contribution in [0.5, 0.6) is 11.5 Å². The SMILES string of the molecule is COc1cc2c(Nc3ccc(Br)cc3F)ncnc2cc1OCCOCCOCCN=[N+]=[N-]. The molecule has 3 aromatic rings. The number of anilines is 2. The third kappa shape index (κ3) is 7.16. The molecule has 0 aliphatic heterocycles. The highest BCUT2D eigenvalue weighted by Crippen LogP contribution is 2.35. The Hall–Kier alpha value is -3.18. The lowest BCUT2D eigenvalue weighted by Gasteiger charge is -2.14. The molecule has 0 aliphatic rings. The van der Waals surface area contributed by atoms with Gasteiger partial charge in [-0.1, -0.05) is 21.0 Å². The quantitative estimate of drug-likeness (QED) is 0.145. The van der Waals surface area contributed by atoms with E-state index in [4.69, 9.17) is 24.5 Å². The van der Waals surface area contributed by atoms with Gasteiger partial charge in [0.05, 0.1) is 44.7 Å². The van der Waals surface area contributed by atoms with Crippen LogP contribution in [0.15, 0.2) is 46.2 Å². The number of fused-ring (bicyclic) bond motifs is 1. The molecule has 0 spiro atoms. The van der Waals surface area contributed by atoms with E-state index in [9.17, 15) is 4.39 Å². The number of rotatable bonds is 13. The molecule has 1 N–H and O–H groups in total. The summed E-state index contributed by atoms with van der Waals surface area (Å²) < 4.78 is 36.9. The average molecular weight is 521 g/mol. The van der Waals surface area contributed by atoms with Gasteiger partial charge in [-0.25, -0.2) is 14.4 Å². The summed E-state index contributed by atoms with van der Waals surface area (Å²) in [5.41, 5.74) is 9.07. The van der Waals surface area contributed by atoms with E-state index in [2.05, 4.69) is 41.2 Å². The maximum atomic E-state index is 14.2. The van der Waals surface area contributed by atoms with Gasteiger partial charge in [-0.2, -0.15) is 0 Å². The summed E-state index contributed by atoms with van der Waals surface area (Å²) in [5.74, 6) is 1.01. The molecule has 0 saturated heterocycles. The van der Waals surface area contributed by atoms with Gasteiger partial charge in [-0.3, -0.25) is 0 Å². The molecule has 1 heterocycles. The molecule has 174 valence electrons. The molecule has 0 bridgehead atoms. The number of benzene rings is 2. The zero-order valence-corrected chi connectivity index (χ0v) is 19.4. The molecule has 12 heteroatoms. The Bertz CT molecular complexity index is 1130. The zero-order chi connectivity index (χ0) is 23.5. The lowest BCUT2D eigenvalue weighted by Crippen LogP contribution is -2.12. The Labute approximate surface area is 197 Å². The zero-order valence-electron chi connectivity index (χ0n) is 17.8. The average Bonchev–Trinajstić information content (AvgIpc) is 2.81. The second kappa shape index (κ2) is 12.8. The van der Waals surface area contributed by atoms with Gasteiger partial charge in [0.2, 0.25) is 0 Å². The van der Waals surface area contributed by atoms with Gasteiger partial charge in [-0.15, -0.1) is 0 Å². The van der Waals surface area contributed by atoms with E-state index in [1.165, 1.54) is 19.5 Å². The van der Waals surface area contributed by atoms with Crippen LogP contribution in [0.3, 0.4) is 0 Å². The highest BCUT2D eigenvalue weighted by Gasteiger charge is 2.13. The maximum absolute atomic E-state index is 14.2. The molecule has 3 rings (SSSR count). The van der Waals surface area contributed by atoms with Crippen molar-refractivity contribution in [3.8, 4) is 11.5 Å². The molecule has 0 amide bonds. The van der Waals surface area contributed by atoms with E-state index in [0.717, 1.165) is 0 Å². The van der Waals surface area contributed by atoms with Crippen molar-refractivity contribution in [2.75, 3.05) is 52.0 Å². The van der Waals surface area contributed by atoms with E-state index in [-0.39, 0.29) is 5.69 Å². The Morgan fingerprint density at radius 1 is 1.06 bits per heavy atom. The number of methoxy groups -OCH3 is 1. The van der Waals surface area contributed by atoms with E-state index in [1.807, 2.05) is 0 Å². The summed E-state index contributed by atoms with van der Waals surface area (Å²) in [6, 6.07) is 8.20. The van der Waals surface area contributed by atoms with Gasteiger partial charge in [0, 0.05) is 27.4 Å². The van der Waals surface area contributed by atoms with Gasteiger partial charge in [0.15, 0.2) is 11.5 Å². The van der Waals surface area contributed by atoms with E-state index >= 15 is 0 Å². The molecule has 0 fully saturated rings. The number of azide groups is 1. The molecule has 1 aromatic heterocycles. The number of nitrogens with one attached hydrogen (secondary N) is 1. The summed E-state index contributed by atoms with van der Waals surface area (Å²) >= 11 is 3.24. The molecule has 33 heavy (non-hydrogen) atoms. The van der Waals surface area contributed by atoms with Gasteiger partial charge in [0.25, 0.3) is 0 Å². The van der Waals surface area contributed by atoms with Crippen LogP contribution < -0.4 is 14.8 Å². The van der Waals surface area contributed by atoms with E-state index < -0.39 is 5.82 Å². The Morgan fingerprint density at radius 3 is 2.61 bits per heavy atom. The first-order chi connectivity index (χ1) is 16.1. The Kier molecular flexibility index (Phi) is 9.45. The van der Waals surface area contributed by atoms with Crippen LogP contribution in [0.2, 0.25) is 0 Å². The number of aromatic nitrogens is 2. The van der Waals surface area contributed by atoms with Crippen molar-refractivity contribution < 1.29 is 23.3 Å². The molecule has 0 atom stereocenters. The van der Waals surface area contributed by atoms with Crippen molar-refractivity contribution in [2.24, 2.45) is 5.11 Å². The molecule has 2 aromatic carbocycles. The van der Waals surface area contributed by atoms with Crippen LogP contribution in [0, 0.1) is 5.82 Å². The number of halogens is 2. The topological polar surface area (TPSA) is 123 Å². The molecular formula is C21H22BrFN6O4. The second-order valence-electron chi connectivity index (χ2n) is 6.52. The first-order valence-corrected chi connectivity index (χ1v) is 10.8. The number of hydrogen-bond acceptors (Lipinski definition) is 8. The number of nitrogens with zero attached hydrogens (tertiary/aromatic N) is 5. The van der Waals surface area contributed by atoms with Gasteiger partial charge >= 0.3 is 0 Å². The van der Waals surface area contributed by atoms with Crippen LogP contribution in [0.25, 0.3) is 21.3 Å². The van der Waals surface area contributed by atoms with Crippen LogP contribution in [0.4, 0.5) is 15.9 Å². The molecule has 0 radical (unpaired) electrons. The molecular weight excluding hydrogens is 499 g/mol. The van der Waals surface area contributed by atoms with Gasteiger partial charge in [0.1, 0.15) is 24.6 Å². The number of ether oxygens (including phenoxy) is 4. The summed E-state index contributed by atoms with van der Waals surface area (Å²) in [6.45, 7) is 2.07.